The molecule has 0 radical (unpaired) electrons. The molecule has 0 aliphatic heterocycles. The van der Waals surface area contributed by atoms with Gasteiger partial charge in [0.05, 0.1) is 5.25 Å². The summed E-state index contributed by atoms with van der Waals surface area (Å²) in [6.45, 7) is 7.16. The van der Waals surface area contributed by atoms with Gasteiger partial charge in [-0.25, -0.2) is 13.4 Å². The lowest BCUT2D eigenvalue weighted by Crippen LogP contribution is -2.20. The Morgan fingerprint density at radius 3 is 2.27 bits per heavy atom. The predicted octanol–water partition coefficient (Wildman–Crippen LogP) is 2.41. The summed E-state index contributed by atoms with van der Waals surface area (Å²) < 4.78 is 26.2. The van der Waals surface area contributed by atoms with Gasteiger partial charge in [0.15, 0.2) is 0 Å². The second kappa shape index (κ2) is 4.25. The Bertz CT molecular complexity index is 449. The van der Waals surface area contributed by atoms with Gasteiger partial charge in [-0.1, -0.05) is 0 Å². The fourth-order valence-electron chi connectivity index (χ4n) is 1.14. The number of nitrogens with zero attached hydrogens (tertiary/aromatic N) is 2. The van der Waals surface area contributed by atoms with Crippen LogP contribution in [0.1, 0.15) is 33.7 Å². The maximum Gasteiger partial charge on any atom is 0.229 e. The molecule has 6 heteroatoms. The zero-order chi connectivity index (χ0) is 11.8. The van der Waals surface area contributed by atoms with Gasteiger partial charge in [0.2, 0.25) is 15.0 Å². The largest absolute Gasteiger partial charge is 0.318 e. The molecule has 0 unspecified atom stereocenters. The Morgan fingerprint density at radius 1 is 1.33 bits per heavy atom. The smallest absolute Gasteiger partial charge is 0.229 e. The summed E-state index contributed by atoms with van der Waals surface area (Å²) in [6.07, 6.45) is 1.69. The van der Waals surface area contributed by atoms with Crippen LogP contribution in [-0.4, -0.2) is 23.2 Å². The van der Waals surface area contributed by atoms with Crippen LogP contribution in [0.25, 0.3) is 0 Å². The van der Waals surface area contributed by atoms with Crippen molar-refractivity contribution in [1.82, 2.24) is 9.55 Å². The van der Waals surface area contributed by atoms with Gasteiger partial charge in [-0.2, -0.15) is 0 Å². The second-order valence-corrected chi connectivity index (χ2v) is 7.15. The number of halogens is 1. The molecular formula is C9H15BrN2O2S. The number of hydrogen-bond acceptors (Lipinski definition) is 3. The van der Waals surface area contributed by atoms with E-state index in [1.54, 1.807) is 24.6 Å². The van der Waals surface area contributed by atoms with Crippen molar-refractivity contribution in [1.29, 1.82) is 0 Å². The Labute approximate surface area is 98.8 Å². The van der Waals surface area contributed by atoms with E-state index in [2.05, 4.69) is 20.9 Å². The van der Waals surface area contributed by atoms with Crippen molar-refractivity contribution in [2.75, 3.05) is 0 Å². The number of aromatic nitrogens is 2. The molecule has 0 saturated heterocycles. The summed E-state index contributed by atoms with van der Waals surface area (Å²) in [5.41, 5.74) is 0. The Kier molecular flexibility index (Phi) is 3.60. The lowest BCUT2D eigenvalue weighted by Gasteiger charge is -2.12. The highest BCUT2D eigenvalue weighted by Crippen LogP contribution is 2.22. The van der Waals surface area contributed by atoms with Crippen LogP contribution in [0.15, 0.2) is 16.0 Å². The normalized spacial score (nSPS) is 12.7. The number of imidazole rings is 1. The summed E-state index contributed by atoms with van der Waals surface area (Å²) in [5.74, 6) is 0. The van der Waals surface area contributed by atoms with Gasteiger partial charge in [-0.15, -0.1) is 0 Å². The summed E-state index contributed by atoms with van der Waals surface area (Å²) in [5, 5.41) is -0.316. The lowest BCUT2D eigenvalue weighted by atomic mass is 10.4. The fraction of sp³-hybridized carbons (Fsp3) is 0.667. The van der Waals surface area contributed by atoms with Gasteiger partial charge in [0.1, 0.15) is 4.60 Å². The highest BCUT2D eigenvalue weighted by molar-refractivity contribution is 9.10. The first-order chi connectivity index (χ1) is 6.76. The van der Waals surface area contributed by atoms with Gasteiger partial charge < -0.3 is 4.57 Å². The Morgan fingerprint density at radius 2 is 1.87 bits per heavy atom. The molecule has 0 saturated carbocycles. The Balaban J connectivity index is 3.38. The number of sulfone groups is 1. The molecule has 0 spiro atoms. The van der Waals surface area contributed by atoms with Gasteiger partial charge in [0.25, 0.3) is 0 Å². The van der Waals surface area contributed by atoms with Crippen molar-refractivity contribution in [2.45, 2.75) is 44.1 Å². The lowest BCUT2D eigenvalue weighted by molar-refractivity contribution is 0.516. The monoisotopic (exact) mass is 294 g/mol. The van der Waals surface area contributed by atoms with Gasteiger partial charge in [0, 0.05) is 12.2 Å². The van der Waals surface area contributed by atoms with Gasteiger partial charge in [-0.05, 0) is 43.6 Å². The summed E-state index contributed by atoms with van der Waals surface area (Å²) in [7, 11) is -3.31. The van der Waals surface area contributed by atoms with E-state index in [4.69, 9.17) is 0 Å². The van der Waals surface area contributed by atoms with Crippen LogP contribution in [0, 0.1) is 0 Å². The molecule has 1 rings (SSSR count). The maximum absolute atomic E-state index is 12.0. The molecule has 0 bridgehead atoms. The molecular weight excluding hydrogens is 280 g/mol. The van der Waals surface area contributed by atoms with E-state index in [1.165, 1.54) is 0 Å². The van der Waals surface area contributed by atoms with Crippen LogP contribution in [0.2, 0.25) is 0 Å². The van der Waals surface area contributed by atoms with Gasteiger partial charge in [-0.3, -0.25) is 0 Å². The molecule has 0 atom stereocenters. The van der Waals surface area contributed by atoms with Crippen molar-refractivity contribution in [3.8, 4) is 0 Å². The molecule has 15 heavy (non-hydrogen) atoms. The average Bonchev–Trinajstić information content (AvgIpc) is 2.47. The SMILES string of the molecule is CC(C)n1cc(Br)nc1S(=O)(=O)C(C)C. The number of hydrogen-bond donors (Lipinski definition) is 0. The molecule has 0 aliphatic carbocycles. The van der Waals surface area contributed by atoms with E-state index in [-0.39, 0.29) is 11.2 Å². The maximum atomic E-state index is 12.0. The molecule has 1 heterocycles. The highest BCUT2D eigenvalue weighted by atomic mass is 79.9. The Hall–Kier alpha value is -0.360. The first-order valence-corrected chi connectivity index (χ1v) is 7.09. The molecule has 4 nitrogen and oxygen atoms in total. The van der Waals surface area contributed by atoms with Crippen LogP contribution in [0.3, 0.4) is 0 Å². The van der Waals surface area contributed by atoms with Crippen LogP contribution in [-0.2, 0) is 9.84 Å². The van der Waals surface area contributed by atoms with Crippen molar-refractivity contribution in [3.05, 3.63) is 10.8 Å². The third-order valence-electron chi connectivity index (χ3n) is 2.10. The third kappa shape index (κ3) is 2.42. The van der Waals surface area contributed by atoms with Crippen molar-refractivity contribution < 1.29 is 8.42 Å². The standard InChI is InChI=1S/C9H15BrN2O2S/c1-6(2)12-5-8(10)11-9(12)15(13,14)7(3)4/h5-7H,1-4H3. The van der Waals surface area contributed by atoms with E-state index in [1.807, 2.05) is 13.8 Å². The molecule has 0 N–H and O–H groups in total. The van der Waals surface area contributed by atoms with Crippen LogP contribution in [0.5, 0.6) is 0 Å². The van der Waals surface area contributed by atoms with Crippen LogP contribution in [0.4, 0.5) is 0 Å². The highest BCUT2D eigenvalue weighted by Gasteiger charge is 2.26. The zero-order valence-corrected chi connectivity index (χ0v) is 11.6. The fourth-order valence-corrected chi connectivity index (χ4v) is 2.85. The number of rotatable bonds is 3. The first-order valence-electron chi connectivity index (χ1n) is 4.75. The zero-order valence-electron chi connectivity index (χ0n) is 9.23. The minimum absolute atomic E-state index is 0.0762. The predicted molar refractivity (Wildman–Crippen MR) is 62.6 cm³/mol. The topological polar surface area (TPSA) is 52.0 Å². The third-order valence-corrected chi connectivity index (χ3v) is 4.53. The van der Waals surface area contributed by atoms with Crippen LogP contribution >= 0.6 is 15.9 Å². The summed E-state index contributed by atoms with van der Waals surface area (Å²) in [4.78, 5) is 4.02. The van der Waals surface area contributed by atoms with Crippen molar-refractivity contribution in [3.63, 3.8) is 0 Å². The minimum atomic E-state index is -3.31. The summed E-state index contributed by atoms with van der Waals surface area (Å²) in [6, 6.07) is 0.0762. The minimum Gasteiger partial charge on any atom is -0.318 e. The molecule has 0 fully saturated rings. The molecule has 86 valence electrons. The van der Waals surface area contributed by atoms with E-state index in [0.29, 0.717) is 4.60 Å². The van der Waals surface area contributed by atoms with E-state index in [9.17, 15) is 8.42 Å². The quantitative estimate of drug-likeness (QED) is 0.860. The van der Waals surface area contributed by atoms with Crippen LogP contribution < -0.4 is 0 Å². The van der Waals surface area contributed by atoms with Crippen molar-refractivity contribution >= 4 is 25.8 Å². The van der Waals surface area contributed by atoms with E-state index >= 15 is 0 Å². The average molecular weight is 295 g/mol. The molecule has 0 amide bonds. The summed E-state index contributed by atoms with van der Waals surface area (Å²) >= 11 is 3.20. The van der Waals surface area contributed by atoms with E-state index in [0.717, 1.165) is 0 Å². The first kappa shape index (κ1) is 12.7. The molecule has 0 aromatic carbocycles. The van der Waals surface area contributed by atoms with E-state index < -0.39 is 15.1 Å². The molecule has 1 aromatic rings. The van der Waals surface area contributed by atoms with Crippen molar-refractivity contribution in [2.24, 2.45) is 0 Å². The molecule has 0 aliphatic rings. The molecule has 1 aromatic heterocycles. The van der Waals surface area contributed by atoms with Gasteiger partial charge >= 0.3 is 0 Å². The second-order valence-electron chi connectivity index (χ2n) is 3.94.